The number of nitrogens with one attached hydrogen (secondary N) is 2. The number of H-pyrrole nitrogens is 1. The first-order chi connectivity index (χ1) is 11.7. The number of benzene rings is 1. The predicted octanol–water partition coefficient (Wildman–Crippen LogP) is 0.734. The van der Waals surface area contributed by atoms with Gasteiger partial charge in [0, 0.05) is 19.6 Å². The number of aliphatic hydroxyl groups excluding tert-OH is 1. The Morgan fingerprint density at radius 2 is 2.29 bits per heavy atom. The molecule has 8 nitrogen and oxygen atoms in total. The highest BCUT2D eigenvalue weighted by atomic mass is 16.5. The van der Waals surface area contributed by atoms with Crippen molar-refractivity contribution in [2.45, 2.75) is 12.5 Å². The van der Waals surface area contributed by atoms with E-state index in [4.69, 9.17) is 9.47 Å². The smallest absolute Gasteiger partial charge is 0.317 e. The third-order valence-corrected chi connectivity index (χ3v) is 3.93. The van der Waals surface area contributed by atoms with E-state index in [0.29, 0.717) is 45.0 Å². The molecule has 24 heavy (non-hydrogen) atoms. The minimum atomic E-state index is -0.655. The summed E-state index contributed by atoms with van der Waals surface area (Å²) < 4.78 is 10.9. The maximum absolute atomic E-state index is 11.9. The van der Waals surface area contributed by atoms with Gasteiger partial charge in [-0.05, 0) is 18.6 Å². The van der Waals surface area contributed by atoms with Crippen LogP contribution in [0.4, 0.5) is 4.79 Å². The van der Waals surface area contributed by atoms with Crippen molar-refractivity contribution in [2.24, 2.45) is 0 Å². The molecule has 1 atom stereocenters. The van der Waals surface area contributed by atoms with E-state index in [0.717, 1.165) is 10.9 Å². The molecule has 2 aromatic rings. The lowest BCUT2D eigenvalue weighted by atomic mass is 10.2. The molecule has 1 fully saturated rings. The molecule has 3 rings (SSSR count). The zero-order chi connectivity index (χ0) is 16.8. The van der Waals surface area contributed by atoms with Gasteiger partial charge in [0.25, 0.3) is 0 Å². The second kappa shape index (κ2) is 7.98. The van der Waals surface area contributed by atoms with E-state index in [9.17, 15) is 9.90 Å². The van der Waals surface area contributed by atoms with Gasteiger partial charge in [0.15, 0.2) is 0 Å². The molecule has 1 aromatic carbocycles. The van der Waals surface area contributed by atoms with Gasteiger partial charge in [-0.3, -0.25) is 5.10 Å². The molecular weight excluding hydrogens is 312 g/mol. The molecule has 1 saturated heterocycles. The SMILES string of the molecule is O=C(NCCC(O)COc1cccc2[nH]ncc12)N1CCOCC1. The van der Waals surface area contributed by atoms with Crippen LogP contribution in [0.5, 0.6) is 5.75 Å². The zero-order valence-corrected chi connectivity index (χ0v) is 13.4. The molecule has 130 valence electrons. The fraction of sp³-hybridized carbons (Fsp3) is 0.500. The van der Waals surface area contributed by atoms with E-state index >= 15 is 0 Å². The van der Waals surface area contributed by atoms with Crippen molar-refractivity contribution in [3.05, 3.63) is 24.4 Å². The third-order valence-electron chi connectivity index (χ3n) is 3.93. The molecule has 0 bridgehead atoms. The lowest BCUT2D eigenvalue weighted by Crippen LogP contribution is -2.46. The van der Waals surface area contributed by atoms with Crippen LogP contribution in [0.15, 0.2) is 24.4 Å². The summed E-state index contributed by atoms with van der Waals surface area (Å²) >= 11 is 0. The number of hydrogen-bond donors (Lipinski definition) is 3. The van der Waals surface area contributed by atoms with Crippen molar-refractivity contribution in [2.75, 3.05) is 39.5 Å². The Morgan fingerprint density at radius 3 is 3.12 bits per heavy atom. The minimum Gasteiger partial charge on any atom is -0.490 e. The van der Waals surface area contributed by atoms with E-state index in [1.54, 1.807) is 11.1 Å². The molecule has 2 heterocycles. The maximum Gasteiger partial charge on any atom is 0.317 e. The monoisotopic (exact) mass is 334 g/mol. The highest BCUT2D eigenvalue weighted by Gasteiger charge is 2.16. The fourth-order valence-electron chi connectivity index (χ4n) is 2.56. The third kappa shape index (κ3) is 4.15. The van der Waals surface area contributed by atoms with Gasteiger partial charge < -0.3 is 24.8 Å². The molecule has 0 saturated carbocycles. The summed E-state index contributed by atoms with van der Waals surface area (Å²) in [7, 11) is 0. The van der Waals surface area contributed by atoms with Crippen LogP contribution in [0.1, 0.15) is 6.42 Å². The van der Waals surface area contributed by atoms with E-state index in [2.05, 4.69) is 15.5 Å². The summed E-state index contributed by atoms with van der Waals surface area (Å²) in [4.78, 5) is 13.6. The Kier molecular flexibility index (Phi) is 5.50. The number of aliphatic hydroxyl groups is 1. The van der Waals surface area contributed by atoms with Crippen molar-refractivity contribution >= 4 is 16.9 Å². The molecule has 0 aliphatic carbocycles. The predicted molar refractivity (Wildman–Crippen MR) is 88.0 cm³/mol. The standard InChI is InChI=1S/C16H22N4O4/c21-12(4-5-17-16(22)20-6-8-23-9-7-20)11-24-15-3-1-2-14-13(15)10-18-19-14/h1-3,10,12,21H,4-9,11H2,(H,17,22)(H,18,19). The van der Waals surface area contributed by atoms with Gasteiger partial charge in [0.05, 0.1) is 36.4 Å². The Morgan fingerprint density at radius 1 is 1.46 bits per heavy atom. The van der Waals surface area contributed by atoms with E-state index in [1.807, 2.05) is 18.2 Å². The number of urea groups is 1. The molecule has 0 spiro atoms. The van der Waals surface area contributed by atoms with Crippen LogP contribution in [0.2, 0.25) is 0 Å². The number of morpholine rings is 1. The molecule has 2 amide bonds. The highest BCUT2D eigenvalue weighted by Crippen LogP contribution is 2.23. The number of hydrogen-bond acceptors (Lipinski definition) is 5. The molecule has 0 radical (unpaired) electrons. The molecule has 8 heteroatoms. The summed E-state index contributed by atoms with van der Waals surface area (Å²) in [6.07, 6.45) is 1.47. The number of aromatic nitrogens is 2. The van der Waals surface area contributed by atoms with Crippen molar-refractivity contribution in [1.29, 1.82) is 0 Å². The summed E-state index contributed by atoms with van der Waals surface area (Å²) in [6.45, 7) is 2.92. The Bertz CT molecular complexity index is 669. The number of carbonyl (C=O) groups excluding carboxylic acids is 1. The number of rotatable bonds is 6. The van der Waals surface area contributed by atoms with Crippen LogP contribution < -0.4 is 10.1 Å². The number of carbonyl (C=O) groups is 1. The number of nitrogens with zero attached hydrogens (tertiary/aromatic N) is 2. The molecular formula is C16H22N4O4. The van der Waals surface area contributed by atoms with Gasteiger partial charge in [-0.1, -0.05) is 6.07 Å². The number of ether oxygens (including phenoxy) is 2. The molecule has 1 aliphatic heterocycles. The molecule has 1 unspecified atom stereocenters. The average Bonchev–Trinajstić information content (AvgIpc) is 3.10. The zero-order valence-electron chi connectivity index (χ0n) is 13.4. The van der Waals surface area contributed by atoms with Crippen molar-refractivity contribution in [3.63, 3.8) is 0 Å². The van der Waals surface area contributed by atoms with Crippen LogP contribution in [-0.4, -0.2) is 71.8 Å². The second-order valence-electron chi connectivity index (χ2n) is 5.67. The van der Waals surface area contributed by atoms with Crippen LogP contribution in [0.3, 0.4) is 0 Å². The van der Waals surface area contributed by atoms with Crippen LogP contribution in [0, 0.1) is 0 Å². The first-order valence-corrected chi connectivity index (χ1v) is 8.07. The topological polar surface area (TPSA) is 99.7 Å². The highest BCUT2D eigenvalue weighted by molar-refractivity contribution is 5.84. The Balaban J connectivity index is 1.39. The molecule has 3 N–H and O–H groups in total. The quantitative estimate of drug-likeness (QED) is 0.723. The first-order valence-electron chi connectivity index (χ1n) is 8.07. The average molecular weight is 334 g/mol. The molecule has 1 aliphatic rings. The first kappa shape index (κ1) is 16.5. The summed E-state index contributed by atoms with van der Waals surface area (Å²) in [5.41, 5.74) is 0.889. The van der Waals surface area contributed by atoms with Crippen LogP contribution >= 0.6 is 0 Å². The fourth-order valence-corrected chi connectivity index (χ4v) is 2.56. The Labute approximate surface area is 139 Å². The Hall–Kier alpha value is -2.32. The summed E-state index contributed by atoms with van der Waals surface area (Å²) in [6, 6.07) is 5.50. The van der Waals surface area contributed by atoms with Crippen molar-refractivity contribution in [1.82, 2.24) is 20.4 Å². The lowest BCUT2D eigenvalue weighted by Gasteiger charge is -2.27. The van der Waals surface area contributed by atoms with Crippen LogP contribution in [-0.2, 0) is 4.74 Å². The van der Waals surface area contributed by atoms with Gasteiger partial charge in [-0.2, -0.15) is 5.10 Å². The minimum absolute atomic E-state index is 0.116. The van der Waals surface area contributed by atoms with Crippen molar-refractivity contribution < 1.29 is 19.4 Å². The number of amides is 2. The number of aromatic amines is 1. The van der Waals surface area contributed by atoms with Gasteiger partial charge >= 0.3 is 6.03 Å². The van der Waals surface area contributed by atoms with Crippen molar-refractivity contribution in [3.8, 4) is 5.75 Å². The summed E-state index contributed by atoms with van der Waals surface area (Å²) in [5, 5.41) is 20.6. The van der Waals surface area contributed by atoms with Gasteiger partial charge in [0.1, 0.15) is 12.4 Å². The second-order valence-corrected chi connectivity index (χ2v) is 5.67. The summed E-state index contributed by atoms with van der Waals surface area (Å²) in [5.74, 6) is 0.678. The largest absolute Gasteiger partial charge is 0.490 e. The van der Waals surface area contributed by atoms with E-state index in [1.165, 1.54) is 0 Å². The molecule has 1 aromatic heterocycles. The maximum atomic E-state index is 11.9. The normalized spacial score (nSPS) is 16.1. The number of fused-ring (bicyclic) bond motifs is 1. The van der Waals surface area contributed by atoms with E-state index < -0.39 is 6.10 Å². The van der Waals surface area contributed by atoms with E-state index in [-0.39, 0.29) is 12.6 Å². The van der Waals surface area contributed by atoms with Gasteiger partial charge in [0.2, 0.25) is 0 Å². The van der Waals surface area contributed by atoms with Gasteiger partial charge in [-0.25, -0.2) is 4.79 Å². The lowest BCUT2D eigenvalue weighted by molar-refractivity contribution is 0.0525. The van der Waals surface area contributed by atoms with Gasteiger partial charge in [-0.15, -0.1) is 0 Å². The van der Waals surface area contributed by atoms with Crippen LogP contribution in [0.25, 0.3) is 10.9 Å².